The van der Waals surface area contributed by atoms with Crippen LogP contribution in [0.5, 0.6) is 0 Å². The molecule has 9 heteroatoms. The van der Waals surface area contributed by atoms with E-state index in [1.165, 1.54) is 26.0 Å². The molecule has 2 aromatic carbocycles. The second-order valence-electron chi connectivity index (χ2n) is 6.54. The summed E-state index contributed by atoms with van der Waals surface area (Å²) in [6.07, 6.45) is 0. The van der Waals surface area contributed by atoms with E-state index >= 15 is 8.78 Å². The average Bonchev–Trinajstić information content (AvgIpc) is 2.77. The van der Waals surface area contributed by atoms with Gasteiger partial charge in [-0.05, 0) is 31.5 Å². The first kappa shape index (κ1) is 23.0. The predicted molar refractivity (Wildman–Crippen MR) is 112 cm³/mol. The molecule has 1 heterocycles. The van der Waals surface area contributed by atoms with Gasteiger partial charge in [-0.1, -0.05) is 48.5 Å². The van der Waals surface area contributed by atoms with Crippen LogP contribution in [0, 0.1) is 0 Å². The van der Waals surface area contributed by atoms with Gasteiger partial charge < -0.3 is 13.8 Å². The minimum absolute atomic E-state index is 0.0262. The summed E-state index contributed by atoms with van der Waals surface area (Å²) < 4.78 is 57.7. The van der Waals surface area contributed by atoms with Crippen LogP contribution in [0.4, 0.5) is 8.78 Å². The van der Waals surface area contributed by atoms with Crippen LogP contribution in [-0.4, -0.2) is 24.2 Å². The molecule has 0 bridgehead atoms. The Kier molecular flexibility index (Phi) is 7.15. The number of ether oxygens (including phenoxy) is 1. The maximum atomic E-state index is 15.0. The monoisotopic (exact) mass is 449 g/mol. The van der Waals surface area contributed by atoms with E-state index in [1.54, 1.807) is 6.07 Å². The molecule has 3 rings (SSSR count). The summed E-state index contributed by atoms with van der Waals surface area (Å²) in [5.74, 6) is -0.683. The smallest absolute Gasteiger partial charge is 0.404 e. The Morgan fingerprint density at radius 2 is 1.65 bits per heavy atom. The van der Waals surface area contributed by atoms with Gasteiger partial charge in [-0.25, -0.2) is 9.78 Å². The first-order valence-corrected chi connectivity index (χ1v) is 11.2. The Morgan fingerprint density at radius 3 is 2.29 bits per heavy atom. The van der Waals surface area contributed by atoms with Crippen LogP contribution in [0.3, 0.4) is 0 Å². The van der Waals surface area contributed by atoms with Crippen LogP contribution >= 0.6 is 7.60 Å². The van der Waals surface area contributed by atoms with Gasteiger partial charge in [0, 0.05) is 10.9 Å². The first-order chi connectivity index (χ1) is 14.8. The molecule has 0 aliphatic carbocycles. The normalized spacial score (nSPS) is 12.1. The molecule has 0 N–H and O–H groups in total. The van der Waals surface area contributed by atoms with Crippen LogP contribution in [-0.2, 0) is 30.6 Å². The van der Waals surface area contributed by atoms with E-state index in [0.717, 1.165) is 17.7 Å². The maximum Gasteiger partial charge on any atom is 0.404 e. The fourth-order valence-electron chi connectivity index (χ4n) is 2.91. The van der Waals surface area contributed by atoms with Gasteiger partial charge in [0.1, 0.15) is 12.3 Å². The number of halogens is 2. The fourth-order valence-corrected chi connectivity index (χ4v) is 4.45. The molecule has 0 aliphatic heterocycles. The van der Waals surface area contributed by atoms with E-state index in [0.29, 0.717) is 5.39 Å². The second kappa shape index (κ2) is 9.64. The minimum atomic E-state index is -4.75. The number of hydrogen-bond acceptors (Lipinski definition) is 6. The topological polar surface area (TPSA) is 74.7 Å². The highest BCUT2D eigenvalue weighted by atomic mass is 31.2. The quantitative estimate of drug-likeness (QED) is 0.299. The van der Waals surface area contributed by atoms with Gasteiger partial charge in [0.2, 0.25) is 0 Å². The molecule has 0 saturated carbocycles. The van der Waals surface area contributed by atoms with Gasteiger partial charge in [-0.15, -0.1) is 0 Å². The number of carbonyl (C=O) groups is 1. The highest BCUT2D eigenvalue weighted by Crippen LogP contribution is 2.66. The number of carbonyl (C=O) groups excluding carboxylic acids is 1. The molecule has 164 valence electrons. The molecule has 0 amide bonds. The van der Waals surface area contributed by atoms with E-state index in [4.69, 9.17) is 13.8 Å². The van der Waals surface area contributed by atoms with Crippen molar-refractivity contribution in [3.05, 3.63) is 77.5 Å². The van der Waals surface area contributed by atoms with Gasteiger partial charge in [0.15, 0.2) is 0 Å². The Labute approximate surface area is 178 Å². The summed E-state index contributed by atoms with van der Waals surface area (Å²) in [5, 5.41) is 0.529. The second-order valence-corrected chi connectivity index (χ2v) is 8.61. The van der Waals surface area contributed by atoms with E-state index < -0.39 is 24.8 Å². The molecule has 1 aromatic heterocycles. The lowest BCUT2D eigenvalue weighted by atomic mass is 10.1. The average molecular weight is 449 g/mol. The zero-order valence-corrected chi connectivity index (χ0v) is 18.0. The van der Waals surface area contributed by atoms with Gasteiger partial charge in [0.25, 0.3) is 0 Å². The lowest BCUT2D eigenvalue weighted by molar-refractivity contribution is 0.0361. The van der Waals surface area contributed by atoms with Crippen LogP contribution in [0.2, 0.25) is 0 Å². The number of nitrogens with zero attached hydrogens (tertiary/aromatic N) is 1. The molecule has 0 aliphatic rings. The number of aromatic nitrogens is 1. The zero-order chi connectivity index (χ0) is 22.5. The molecular formula is C22H22F2NO5P. The number of pyridine rings is 1. The summed E-state index contributed by atoms with van der Waals surface area (Å²) in [5.41, 5.74) is -3.56. The molecule has 31 heavy (non-hydrogen) atoms. The molecule has 0 radical (unpaired) electrons. The highest BCUT2D eigenvalue weighted by molar-refractivity contribution is 7.54. The van der Waals surface area contributed by atoms with Crippen molar-refractivity contribution in [2.75, 3.05) is 13.2 Å². The molecule has 6 nitrogen and oxygen atoms in total. The number of alkyl halides is 2. The molecule has 3 aromatic rings. The summed E-state index contributed by atoms with van der Waals surface area (Å²) in [7, 11) is -4.75. The number of benzene rings is 2. The van der Waals surface area contributed by atoms with E-state index in [-0.39, 0.29) is 31.0 Å². The van der Waals surface area contributed by atoms with Crippen molar-refractivity contribution >= 4 is 24.5 Å². The number of rotatable bonds is 9. The summed E-state index contributed by atoms with van der Waals surface area (Å²) in [6.45, 7) is 2.57. The Balaban J connectivity index is 1.89. The molecule has 0 saturated heterocycles. The SMILES string of the molecule is CCOP(=O)(OCC)C(F)(F)c1ccc2ccc(C(=O)OCc3ccccc3)nc2c1. The minimum Gasteiger partial charge on any atom is -0.456 e. The standard InChI is InChI=1S/C22H22F2NO5P/c1-3-29-31(27,30-4-2)22(23,24)18-12-10-17-11-13-19(25-20(17)14-18)21(26)28-15-16-8-6-5-7-9-16/h5-14H,3-4,15H2,1-2H3. The molecule has 0 spiro atoms. The van der Waals surface area contributed by atoms with Crippen LogP contribution in [0.25, 0.3) is 10.9 Å². The van der Waals surface area contributed by atoms with Crippen molar-refractivity contribution in [2.24, 2.45) is 0 Å². The highest BCUT2D eigenvalue weighted by Gasteiger charge is 2.54. The Morgan fingerprint density at radius 1 is 1.00 bits per heavy atom. The number of hydrogen-bond donors (Lipinski definition) is 0. The summed E-state index contributed by atoms with van der Waals surface area (Å²) in [4.78, 5) is 16.5. The molecule has 0 unspecified atom stereocenters. The lowest BCUT2D eigenvalue weighted by Gasteiger charge is -2.26. The van der Waals surface area contributed by atoms with Crippen molar-refractivity contribution in [1.29, 1.82) is 0 Å². The molecular weight excluding hydrogens is 427 g/mol. The third-order valence-electron chi connectivity index (χ3n) is 4.40. The van der Waals surface area contributed by atoms with Crippen molar-refractivity contribution in [3.63, 3.8) is 0 Å². The zero-order valence-electron chi connectivity index (χ0n) is 17.1. The molecule has 0 fully saturated rings. The van der Waals surface area contributed by atoms with Crippen molar-refractivity contribution in [2.45, 2.75) is 26.1 Å². The maximum absolute atomic E-state index is 15.0. The summed E-state index contributed by atoms with van der Waals surface area (Å²) >= 11 is 0. The van der Waals surface area contributed by atoms with E-state index in [1.807, 2.05) is 30.3 Å². The van der Waals surface area contributed by atoms with Crippen LogP contribution in [0.1, 0.15) is 35.5 Å². The number of esters is 1. The lowest BCUT2D eigenvalue weighted by Crippen LogP contribution is -2.18. The van der Waals surface area contributed by atoms with Gasteiger partial charge >= 0.3 is 19.2 Å². The van der Waals surface area contributed by atoms with Crippen molar-refractivity contribution < 1.29 is 31.9 Å². The van der Waals surface area contributed by atoms with Crippen LogP contribution in [0.15, 0.2) is 60.7 Å². The third-order valence-corrected chi connectivity index (χ3v) is 6.55. The van der Waals surface area contributed by atoms with Gasteiger partial charge in [-0.3, -0.25) is 4.57 Å². The number of fused-ring (bicyclic) bond motifs is 1. The first-order valence-electron chi connectivity index (χ1n) is 9.70. The Bertz CT molecular complexity index is 1100. The van der Waals surface area contributed by atoms with Gasteiger partial charge in [-0.2, -0.15) is 8.78 Å². The van der Waals surface area contributed by atoms with Crippen molar-refractivity contribution in [3.8, 4) is 0 Å². The molecule has 0 atom stereocenters. The Hall–Kier alpha value is -2.67. The summed E-state index contributed by atoms with van der Waals surface area (Å²) in [6, 6.07) is 15.8. The van der Waals surface area contributed by atoms with E-state index in [2.05, 4.69) is 4.98 Å². The fraction of sp³-hybridized carbons (Fsp3) is 0.273. The van der Waals surface area contributed by atoms with Gasteiger partial charge in [0.05, 0.1) is 18.7 Å². The third kappa shape index (κ3) is 4.98. The van der Waals surface area contributed by atoms with Crippen molar-refractivity contribution in [1.82, 2.24) is 4.98 Å². The largest absolute Gasteiger partial charge is 0.456 e. The predicted octanol–water partition coefficient (Wildman–Crippen LogP) is 5.91. The van der Waals surface area contributed by atoms with Crippen LogP contribution < -0.4 is 0 Å². The van der Waals surface area contributed by atoms with E-state index in [9.17, 15) is 9.36 Å².